The van der Waals surface area contributed by atoms with Crippen molar-refractivity contribution in [3.63, 3.8) is 0 Å². The minimum Gasteiger partial charge on any atom is -0.396 e. The second-order valence-electron chi connectivity index (χ2n) is 4.53. The van der Waals surface area contributed by atoms with Crippen molar-refractivity contribution < 1.29 is 18.3 Å². The number of nitriles is 1. The van der Waals surface area contributed by atoms with E-state index < -0.39 is 17.6 Å². The van der Waals surface area contributed by atoms with Gasteiger partial charge in [-0.25, -0.2) is 0 Å². The Bertz CT molecular complexity index is 287. The summed E-state index contributed by atoms with van der Waals surface area (Å²) < 4.78 is 37.9. The molecule has 0 aliphatic heterocycles. The minimum absolute atomic E-state index is 0.0305. The molecule has 1 saturated carbocycles. The molecule has 1 aliphatic carbocycles. The van der Waals surface area contributed by atoms with Gasteiger partial charge in [-0.05, 0) is 38.6 Å². The van der Waals surface area contributed by atoms with Crippen LogP contribution in [-0.2, 0) is 0 Å². The highest BCUT2D eigenvalue weighted by atomic mass is 19.4. The Morgan fingerprint density at radius 3 is 2.71 bits per heavy atom. The van der Waals surface area contributed by atoms with Crippen molar-refractivity contribution in [1.82, 2.24) is 5.32 Å². The molecule has 0 saturated heterocycles. The predicted molar refractivity (Wildman–Crippen MR) is 56.1 cm³/mol. The van der Waals surface area contributed by atoms with Gasteiger partial charge in [0.25, 0.3) is 0 Å². The summed E-state index contributed by atoms with van der Waals surface area (Å²) in [6, 6.07) is 1.99. The zero-order valence-electron chi connectivity index (χ0n) is 9.56. The quantitative estimate of drug-likeness (QED) is 0.750. The molecule has 2 N–H and O–H groups in total. The fraction of sp³-hybridized carbons (Fsp3) is 0.909. The van der Waals surface area contributed by atoms with Crippen molar-refractivity contribution in [3.05, 3.63) is 0 Å². The number of hydrogen-bond acceptors (Lipinski definition) is 3. The molecule has 98 valence electrons. The maximum atomic E-state index is 12.6. The van der Waals surface area contributed by atoms with Crippen LogP contribution in [0.4, 0.5) is 13.2 Å². The van der Waals surface area contributed by atoms with Crippen molar-refractivity contribution in [3.8, 4) is 6.07 Å². The normalized spacial score (nSPS) is 29.9. The van der Waals surface area contributed by atoms with Crippen molar-refractivity contribution in [2.45, 2.75) is 43.8 Å². The molecule has 0 bridgehead atoms. The molecule has 6 heteroatoms. The monoisotopic (exact) mass is 250 g/mol. The lowest BCUT2D eigenvalue weighted by Crippen LogP contribution is -2.50. The Balaban J connectivity index is 2.63. The number of aliphatic hydroxyl groups excluding tert-OH is 1. The fourth-order valence-corrected chi connectivity index (χ4v) is 2.26. The van der Waals surface area contributed by atoms with E-state index in [1.54, 1.807) is 0 Å². The van der Waals surface area contributed by atoms with E-state index in [-0.39, 0.29) is 19.4 Å². The largest absolute Gasteiger partial charge is 0.396 e. The van der Waals surface area contributed by atoms with Crippen LogP contribution in [0, 0.1) is 17.2 Å². The first-order chi connectivity index (χ1) is 7.93. The molecule has 17 heavy (non-hydrogen) atoms. The van der Waals surface area contributed by atoms with Crippen LogP contribution in [0.3, 0.4) is 0 Å². The van der Waals surface area contributed by atoms with E-state index in [2.05, 4.69) is 5.32 Å². The van der Waals surface area contributed by atoms with Crippen molar-refractivity contribution >= 4 is 0 Å². The highest BCUT2D eigenvalue weighted by Crippen LogP contribution is 2.41. The van der Waals surface area contributed by atoms with Crippen molar-refractivity contribution in [1.29, 1.82) is 5.26 Å². The average molecular weight is 250 g/mol. The first kappa shape index (κ1) is 14.3. The summed E-state index contributed by atoms with van der Waals surface area (Å²) in [4.78, 5) is 0. The number of aliphatic hydroxyl groups is 1. The minimum atomic E-state index is -4.22. The number of nitrogens with zero attached hydrogens (tertiary/aromatic N) is 1. The van der Waals surface area contributed by atoms with Gasteiger partial charge in [-0.3, -0.25) is 5.32 Å². The van der Waals surface area contributed by atoms with Crippen LogP contribution < -0.4 is 5.32 Å². The lowest BCUT2D eigenvalue weighted by atomic mass is 9.76. The molecule has 0 radical (unpaired) electrons. The summed E-state index contributed by atoms with van der Waals surface area (Å²) in [5.74, 6) is -1.39. The van der Waals surface area contributed by atoms with E-state index in [9.17, 15) is 13.2 Å². The van der Waals surface area contributed by atoms with Gasteiger partial charge < -0.3 is 5.11 Å². The van der Waals surface area contributed by atoms with Crippen LogP contribution >= 0.6 is 0 Å². The molecule has 2 atom stereocenters. The fourth-order valence-electron chi connectivity index (χ4n) is 2.26. The lowest BCUT2D eigenvalue weighted by molar-refractivity contribution is -0.186. The van der Waals surface area contributed by atoms with E-state index in [1.165, 1.54) is 0 Å². The third-order valence-electron chi connectivity index (χ3n) is 3.23. The Morgan fingerprint density at radius 2 is 2.18 bits per heavy atom. The SMILES string of the molecule is N#CC1(NCCCO)CCCC(C(F)(F)F)C1. The van der Waals surface area contributed by atoms with E-state index in [0.29, 0.717) is 25.8 Å². The molecule has 0 heterocycles. The highest BCUT2D eigenvalue weighted by Gasteiger charge is 2.47. The lowest BCUT2D eigenvalue weighted by Gasteiger charge is -2.37. The molecule has 0 aromatic heterocycles. The molecule has 0 spiro atoms. The molecule has 1 fully saturated rings. The van der Waals surface area contributed by atoms with E-state index in [0.717, 1.165) is 0 Å². The molecule has 0 amide bonds. The van der Waals surface area contributed by atoms with Crippen molar-refractivity contribution in [2.75, 3.05) is 13.2 Å². The van der Waals surface area contributed by atoms with Crippen LogP contribution in [0.2, 0.25) is 0 Å². The maximum Gasteiger partial charge on any atom is 0.391 e. The van der Waals surface area contributed by atoms with Crippen molar-refractivity contribution in [2.24, 2.45) is 5.92 Å². The predicted octanol–water partition coefficient (Wildman–Crippen LogP) is 1.97. The van der Waals surface area contributed by atoms with Gasteiger partial charge in [0.05, 0.1) is 12.0 Å². The third kappa shape index (κ3) is 3.86. The Labute approximate surface area is 98.6 Å². The van der Waals surface area contributed by atoms with Crippen LogP contribution in [-0.4, -0.2) is 30.0 Å². The van der Waals surface area contributed by atoms with E-state index in [1.807, 2.05) is 6.07 Å². The first-order valence-corrected chi connectivity index (χ1v) is 5.77. The molecular weight excluding hydrogens is 233 g/mol. The number of halogens is 3. The van der Waals surface area contributed by atoms with Crippen LogP contribution in [0.5, 0.6) is 0 Å². The molecule has 1 rings (SSSR count). The second kappa shape index (κ2) is 5.69. The van der Waals surface area contributed by atoms with E-state index >= 15 is 0 Å². The van der Waals surface area contributed by atoms with Gasteiger partial charge in [0.1, 0.15) is 5.54 Å². The average Bonchev–Trinajstić information content (AvgIpc) is 2.29. The summed E-state index contributed by atoms with van der Waals surface area (Å²) >= 11 is 0. The zero-order chi connectivity index (χ0) is 12.9. The first-order valence-electron chi connectivity index (χ1n) is 5.77. The smallest absolute Gasteiger partial charge is 0.391 e. The van der Waals surface area contributed by atoms with Gasteiger partial charge >= 0.3 is 6.18 Å². The number of nitrogens with one attached hydrogen (secondary N) is 1. The number of hydrogen-bond donors (Lipinski definition) is 2. The molecular formula is C11H17F3N2O. The molecule has 0 aromatic rings. The number of rotatable bonds is 4. The van der Waals surface area contributed by atoms with Crippen LogP contribution in [0.25, 0.3) is 0 Å². The van der Waals surface area contributed by atoms with Gasteiger partial charge in [-0.2, -0.15) is 18.4 Å². The van der Waals surface area contributed by atoms with Gasteiger partial charge in [0, 0.05) is 6.61 Å². The Hall–Kier alpha value is -0.800. The van der Waals surface area contributed by atoms with E-state index in [4.69, 9.17) is 10.4 Å². The van der Waals surface area contributed by atoms with Gasteiger partial charge in [0.15, 0.2) is 0 Å². The summed E-state index contributed by atoms with van der Waals surface area (Å²) in [7, 11) is 0. The van der Waals surface area contributed by atoms with Crippen LogP contribution in [0.1, 0.15) is 32.1 Å². The summed E-state index contributed by atoms with van der Waals surface area (Å²) in [6.45, 7) is 0.339. The van der Waals surface area contributed by atoms with Crippen LogP contribution in [0.15, 0.2) is 0 Å². The molecule has 0 aromatic carbocycles. The highest BCUT2D eigenvalue weighted by molar-refractivity contribution is 5.10. The summed E-state index contributed by atoms with van der Waals surface area (Å²) in [5, 5.41) is 20.6. The topological polar surface area (TPSA) is 56.0 Å². The number of alkyl halides is 3. The zero-order valence-corrected chi connectivity index (χ0v) is 9.56. The molecule has 3 nitrogen and oxygen atoms in total. The molecule has 1 aliphatic rings. The van der Waals surface area contributed by atoms with Gasteiger partial charge in [-0.15, -0.1) is 0 Å². The third-order valence-corrected chi connectivity index (χ3v) is 3.23. The van der Waals surface area contributed by atoms with Gasteiger partial charge in [0.2, 0.25) is 0 Å². The Morgan fingerprint density at radius 1 is 1.47 bits per heavy atom. The Kier molecular flexibility index (Phi) is 4.78. The molecule has 2 unspecified atom stereocenters. The maximum absolute atomic E-state index is 12.6. The second-order valence-corrected chi connectivity index (χ2v) is 4.53. The standard InChI is InChI=1S/C11H17F3N2O/c12-11(13,14)9-3-1-4-10(7-9,8-15)16-5-2-6-17/h9,16-17H,1-7H2. The summed E-state index contributed by atoms with van der Waals surface area (Å²) in [6.07, 6.45) is -3.00. The summed E-state index contributed by atoms with van der Waals surface area (Å²) in [5.41, 5.74) is -1.08. The van der Waals surface area contributed by atoms with Gasteiger partial charge in [-0.1, -0.05) is 0 Å².